The van der Waals surface area contributed by atoms with Gasteiger partial charge in [-0.3, -0.25) is 0 Å². The van der Waals surface area contributed by atoms with Crippen molar-refractivity contribution in [1.82, 2.24) is 5.32 Å². The molecule has 1 aliphatic rings. The molecule has 2 unspecified atom stereocenters. The maximum Gasteiger partial charge on any atom is 0.134 e. The molecule has 1 heterocycles. The Morgan fingerprint density at radius 2 is 1.94 bits per heavy atom. The van der Waals surface area contributed by atoms with Gasteiger partial charge in [0.1, 0.15) is 11.3 Å². The van der Waals surface area contributed by atoms with Crippen LogP contribution in [0, 0.1) is 5.41 Å². The number of para-hydroxylation sites is 1. The zero-order valence-electron chi connectivity index (χ0n) is 11.4. The maximum absolute atomic E-state index is 5.90. The standard InChI is InChI=1S/C16H21NO/c1-11(17-12(2)16(3)8-9-16)15-10-13-6-4-5-7-14(13)18-15/h4-7,10-12,17H,8-9H2,1-3H3. The van der Waals surface area contributed by atoms with Crippen molar-refractivity contribution in [3.63, 3.8) is 0 Å². The smallest absolute Gasteiger partial charge is 0.134 e. The van der Waals surface area contributed by atoms with Crippen molar-refractivity contribution >= 4 is 11.0 Å². The van der Waals surface area contributed by atoms with Crippen LogP contribution in [0.1, 0.15) is 45.4 Å². The Hall–Kier alpha value is -1.28. The molecule has 0 saturated heterocycles. The number of benzene rings is 1. The minimum Gasteiger partial charge on any atom is -0.459 e. The van der Waals surface area contributed by atoms with Gasteiger partial charge >= 0.3 is 0 Å². The Morgan fingerprint density at radius 3 is 2.61 bits per heavy atom. The predicted octanol–water partition coefficient (Wildman–Crippen LogP) is 4.27. The molecule has 1 aromatic heterocycles. The van der Waals surface area contributed by atoms with Crippen molar-refractivity contribution in [3.8, 4) is 0 Å². The highest BCUT2D eigenvalue weighted by Gasteiger charge is 2.42. The first-order chi connectivity index (χ1) is 8.58. The molecule has 0 radical (unpaired) electrons. The van der Waals surface area contributed by atoms with E-state index < -0.39 is 0 Å². The lowest BCUT2D eigenvalue weighted by molar-refractivity contribution is 0.328. The van der Waals surface area contributed by atoms with Gasteiger partial charge < -0.3 is 9.73 Å². The number of nitrogens with one attached hydrogen (secondary N) is 1. The zero-order chi connectivity index (χ0) is 12.8. The van der Waals surface area contributed by atoms with E-state index in [2.05, 4.69) is 38.2 Å². The zero-order valence-corrected chi connectivity index (χ0v) is 11.4. The second-order valence-corrected chi connectivity index (χ2v) is 5.95. The van der Waals surface area contributed by atoms with E-state index in [9.17, 15) is 0 Å². The molecule has 3 rings (SSSR count). The van der Waals surface area contributed by atoms with Crippen LogP contribution >= 0.6 is 0 Å². The first-order valence-corrected chi connectivity index (χ1v) is 6.83. The lowest BCUT2D eigenvalue weighted by atomic mass is 10.00. The van der Waals surface area contributed by atoms with E-state index in [4.69, 9.17) is 4.42 Å². The topological polar surface area (TPSA) is 25.2 Å². The minimum atomic E-state index is 0.268. The van der Waals surface area contributed by atoms with Gasteiger partial charge in [0.2, 0.25) is 0 Å². The summed E-state index contributed by atoms with van der Waals surface area (Å²) in [6, 6.07) is 11.1. The van der Waals surface area contributed by atoms with Crippen LogP contribution in [-0.4, -0.2) is 6.04 Å². The van der Waals surface area contributed by atoms with E-state index in [0.29, 0.717) is 11.5 Å². The number of hydrogen-bond donors (Lipinski definition) is 1. The Morgan fingerprint density at radius 1 is 1.22 bits per heavy atom. The third-order valence-electron chi connectivity index (χ3n) is 4.46. The Kier molecular flexibility index (Phi) is 2.70. The summed E-state index contributed by atoms with van der Waals surface area (Å²) in [6.45, 7) is 6.82. The molecular weight excluding hydrogens is 222 g/mol. The summed E-state index contributed by atoms with van der Waals surface area (Å²) in [6.07, 6.45) is 2.68. The lowest BCUT2D eigenvalue weighted by Gasteiger charge is -2.23. The summed E-state index contributed by atoms with van der Waals surface area (Å²) in [5.41, 5.74) is 1.48. The molecular formula is C16H21NO. The van der Waals surface area contributed by atoms with E-state index >= 15 is 0 Å². The van der Waals surface area contributed by atoms with Crippen molar-refractivity contribution in [1.29, 1.82) is 0 Å². The molecule has 0 amide bonds. The second-order valence-electron chi connectivity index (χ2n) is 5.95. The van der Waals surface area contributed by atoms with Crippen LogP contribution in [0.15, 0.2) is 34.7 Å². The van der Waals surface area contributed by atoms with Crippen LogP contribution in [0.2, 0.25) is 0 Å². The molecule has 2 nitrogen and oxygen atoms in total. The largest absolute Gasteiger partial charge is 0.459 e. The highest BCUT2D eigenvalue weighted by atomic mass is 16.3. The quantitative estimate of drug-likeness (QED) is 0.867. The average molecular weight is 243 g/mol. The van der Waals surface area contributed by atoms with E-state index in [0.717, 1.165) is 11.3 Å². The monoisotopic (exact) mass is 243 g/mol. The normalized spacial score (nSPS) is 20.8. The van der Waals surface area contributed by atoms with Crippen molar-refractivity contribution in [2.75, 3.05) is 0 Å². The molecule has 0 bridgehead atoms. The molecule has 0 spiro atoms. The fraction of sp³-hybridized carbons (Fsp3) is 0.500. The molecule has 1 saturated carbocycles. The van der Waals surface area contributed by atoms with Crippen LogP contribution < -0.4 is 5.32 Å². The predicted molar refractivity (Wildman–Crippen MR) is 74.6 cm³/mol. The van der Waals surface area contributed by atoms with Gasteiger partial charge in [-0.2, -0.15) is 0 Å². The van der Waals surface area contributed by atoms with Crippen LogP contribution in [0.4, 0.5) is 0 Å². The van der Waals surface area contributed by atoms with E-state index in [1.807, 2.05) is 18.2 Å². The van der Waals surface area contributed by atoms with E-state index in [-0.39, 0.29) is 6.04 Å². The summed E-state index contributed by atoms with van der Waals surface area (Å²) < 4.78 is 5.90. The first kappa shape index (κ1) is 11.8. The van der Waals surface area contributed by atoms with Crippen LogP contribution in [0.5, 0.6) is 0 Å². The van der Waals surface area contributed by atoms with Gasteiger partial charge in [0.05, 0.1) is 6.04 Å². The van der Waals surface area contributed by atoms with Crippen molar-refractivity contribution < 1.29 is 4.42 Å². The van der Waals surface area contributed by atoms with Gasteiger partial charge in [-0.25, -0.2) is 0 Å². The van der Waals surface area contributed by atoms with Crippen LogP contribution in [0.3, 0.4) is 0 Å². The van der Waals surface area contributed by atoms with Crippen molar-refractivity contribution in [3.05, 3.63) is 36.1 Å². The van der Waals surface area contributed by atoms with Crippen molar-refractivity contribution in [2.24, 2.45) is 5.41 Å². The fourth-order valence-electron chi connectivity index (χ4n) is 2.50. The van der Waals surface area contributed by atoms with Gasteiger partial charge in [-0.1, -0.05) is 25.1 Å². The summed E-state index contributed by atoms with van der Waals surface area (Å²) >= 11 is 0. The Labute approximate surface area is 108 Å². The third-order valence-corrected chi connectivity index (χ3v) is 4.46. The molecule has 0 aliphatic heterocycles. The average Bonchev–Trinajstić information content (AvgIpc) is 2.96. The molecule has 1 aliphatic carbocycles. The second kappa shape index (κ2) is 4.13. The number of hydrogen-bond acceptors (Lipinski definition) is 2. The molecule has 1 aromatic carbocycles. The molecule has 96 valence electrons. The van der Waals surface area contributed by atoms with E-state index in [1.54, 1.807) is 0 Å². The SMILES string of the molecule is CC(NC(C)C1(C)CC1)c1cc2ccccc2o1. The molecule has 1 fully saturated rings. The minimum absolute atomic E-state index is 0.268. The summed E-state index contributed by atoms with van der Waals surface area (Å²) in [7, 11) is 0. The highest BCUT2D eigenvalue weighted by molar-refractivity contribution is 5.77. The van der Waals surface area contributed by atoms with Gasteiger partial charge in [0.15, 0.2) is 0 Å². The molecule has 1 N–H and O–H groups in total. The Balaban J connectivity index is 1.77. The highest BCUT2D eigenvalue weighted by Crippen LogP contribution is 2.48. The molecule has 18 heavy (non-hydrogen) atoms. The fourth-order valence-corrected chi connectivity index (χ4v) is 2.50. The van der Waals surface area contributed by atoms with Crippen LogP contribution in [0.25, 0.3) is 11.0 Å². The van der Waals surface area contributed by atoms with E-state index in [1.165, 1.54) is 18.2 Å². The maximum atomic E-state index is 5.90. The third kappa shape index (κ3) is 2.05. The number of fused-ring (bicyclic) bond motifs is 1. The van der Waals surface area contributed by atoms with Crippen molar-refractivity contribution in [2.45, 2.75) is 45.7 Å². The van der Waals surface area contributed by atoms with Gasteiger partial charge in [-0.15, -0.1) is 0 Å². The summed E-state index contributed by atoms with van der Waals surface area (Å²) in [5, 5.41) is 4.85. The first-order valence-electron chi connectivity index (χ1n) is 6.83. The molecule has 2 atom stereocenters. The van der Waals surface area contributed by atoms with Crippen LogP contribution in [-0.2, 0) is 0 Å². The number of furan rings is 1. The molecule has 2 heteroatoms. The van der Waals surface area contributed by atoms with Gasteiger partial charge in [-0.05, 0) is 44.2 Å². The molecule has 2 aromatic rings. The summed E-state index contributed by atoms with van der Waals surface area (Å²) in [4.78, 5) is 0. The number of rotatable bonds is 4. The van der Waals surface area contributed by atoms with Gasteiger partial charge in [0, 0.05) is 11.4 Å². The van der Waals surface area contributed by atoms with Gasteiger partial charge in [0.25, 0.3) is 0 Å². The Bertz CT molecular complexity index is 520. The lowest BCUT2D eigenvalue weighted by Crippen LogP contribution is -2.35. The summed E-state index contributed by atoms with van der Waals surface area (Å²) in [5.74, 6) is 1.03.